The third kappa shape index (κ3) is 6.92. The molecule has 19 heavy (non-hydrogen) atoms. The van der Waals surface area contributed by atoms with Crippen LogP contribution in [-0.4, -0.2) is 32.1 Å². The summed E-state index contributed by atoms with van der Waals surface area (Å²) in [4.78, 5) is 0. The predicted octanol–water partition coefficient (Wildman–Crippen LogP) is 3.26. The quantitative estimate of drug-likeness (QED) is 0.707. The molecule has 1 rings (SSSR count). The summed E-state index contributed by atoms with van der Waals surface area (Å²) in [5.74, 6) is 0. The molecule has 1 N–H and O–H groups in total. The molecule has 1 unspecified atom stereocenters. The minimum Gasteiger partial charge on any atom is -0.352 e. The molecule has 0 heterocycles. The second-order valence-corrected chi connectivity index (χ2v) is 4.92. The third-order valence-corrected chi connectivity index (χ3v) is 3.05. The summed E-state index contributed by atoms with van der Waals surface area (Å²) in [6.07, 6.45) is 0.796. The van der Waals surface area contributed by atoms with Crippen molar-refractivity contribution in [3.63, 3.8) is 0 Å². The number of ether oxygens (including phenoxy) is 2. The summed E-state index contributed by atoms with van der Waals surface area (Å²) in [5.41, 5.74) is 1.27. The number of hydrogen-bond acceptors (Lipinski definition) is 3. The molecule has 0 aliphatic heterocycles. The van der Waals surface area contributed by atoms with E-state index in [-0.39, 0.29) is 6.29 Å². The van der Waals surface area contributed by atoms with Crippen molar-refractivity contribution in [2.75, 3.05) is 19.8 Å². The number of nitrogens with one attached hydrogen (secondary N) is 1. The molecule has 0 bridgehead atoms. The Labute approximate surface area is 121 Å². The smallest absolute Gasteiger partial charge is 0.169 e. The second-order valence-electron chi connectivity index (χ2n) is 4.48. The van der Waals surface area contributed by atoms with Crippen molar-refractivity contribution in [1.82, 2.24) is 5.32 Å². The molecule has 0 fully saturated rings. The standard InChI is InChI=1S/C15H24ClNO2/c1-4-18-15(19-5-2)11-17-12(3)10-13-6-8-14(16)9-7-13/h6-9,12,15,17H,4-5,10-11H2,1-3H3. The predicted molar refractivity (Wildman–Crippen MR) is 79.7 cm³/mol. The highest BCUT2D eigenvalue weighted by Crippen LogP contribution is 2.11. The van der Waals surface area contributed by atoms with Crippen LogP contribution in [0, 0.1) is 0 Å². The molecule has 108 valence electrons. The van der Waals surface area contributed by atoms with Crippen molar-refractivity contribution < 1.29 is 9.47 Å². The van der Waals surface area contributed by atoms with E-state index in [9.17, 15) is 0 Å². The summed E-state index contributed by atoms with van der Waals surface area (Å²) in [7, 11) is 0. The fourth-order valence-corrected chi connectivity index (χ4v) is 2.01. The van der Waals surface area contributed by atoms with Crippen LogP contribution in [0.15, 0.2) is 24.3 Å². The molecule has 0 amide bonds. The van der Waals surface area contributed by atoms with Gasteiger partial charge in [-0.3, -0.25) is 0 Å². The molecular weight excluding hydrogens is 262 g/mol. The van der Waals surface area contributed by atoms with Gasteiger partial charge in [0, 0.05) is 30.8 Å². The Morgan fingerprint density at radius 2 is 1.68 bits per heavy atom. The van der Waals surface area contributed by atoms with Gasteiger partial charge in [-0.1, -0.05) is 23.7 Å². The van der Waals surface area contributed by atoms with Crippen LogP contribution in [0.2, 0.25) is 5.02 Å². The number of benzene rings is 1. The van der Waals surface area contributed by atoms with Gasteiger partial charge in [-0.25, -0.2) is 0 Å². The summed E-state index contributed by atoms with van der Waals surface area (Å²) >= 11 is 5.87. The van der Waals surface area contributed by atoms with E-state index in [1.807, 2.05) is 26.0 Å². The van der Waals surface area contributed by atoms with E-state index in [2.05, 4.69) is 24.4 Å². The molecule has 3 nitrogen and oxygen atoms in total. The summed E-state index contributed by atoms with van der Waals surface area (Å²) in [6, 6.07) is 8.33. The Morgan fingerprint density at radius 3 is 2.21 bits per heavy atom. The van der Waals surface area contributed by atoms with E-state index in [0.29, 0.717) is 25.8 Å². The highest BCUT2D eigenvalue weighted by molar-refractivity contribution is 6.30. The SMILES string of the molecule is CCOC(CNC(C)Cc1ccc(Cl)cc1)OCC. The van der Waals surface area contributed by atoms with Crippen molar-refractivity contribution in [3.8, 4) is 0 Å². The lowest BCUT2D eigenvalue weighted by molar-refractivity contribution is -0.133. The third-order valence-electron chi connectivity index (χ3n) is 2.79. The van der Waals surface area contributed by atoms with Crippen molar-refractivity contribution >= 4 is 11.6 Å². The highest BCUT2D eigenvalue weighted by atomic mass is 35.5. The average Bonchev–Trinajstić information content (AvgIpc) is 2.39. The van der Waals surface area contributed by atoms with Crippen molar-refractivity contribution in [2.45, 2.75) is 39.5 Å². The van der Waals surface area contributed by atoms with Crippen molar-refractivity contribution in [1.29, 1.82) is 0 Å². The normalized spacial score (nSPS) is 12.9. The van der Waals surface area contributed by atoms with Crippen LogP contribution >= 0.6 is 11.6 Å². The molecule has 0 radical (unpaired) electrons. The molecule has 1 atom stereocenters. The zero-order valence-electron chi connectivity index (χ0n) is 12.0. The van der Waals surface area contributed by atoms with Gasteiger partial charge >= 0.3 is 0 Å². The van der Waals surface area contributed by atoms with E-state index in [1.165, 1.54) is 5.56 Å². The Morgan fingerprint density at radius 1 is 1.11 bits per heavy atom. The van der Waals surface area contributed by atoms with Gasteiger partial charge in [0.05, 0.1) is 0 Å². The summed E-state index contributed by atoms with van der Waals surface area (Å²) in [5, 5.41) is 4.21. The fraction of sp³-hybridized carbons (Fsp3) is 0.600. The Hall–Kier alpha value is -0.610. The van der Waals surface area contributed by atoms with Gasteiger partial charge in [0.25, 0.3) is 0 Å². The first-order valence-electron chi connectivity index (χ1n) is 6.86. The minimum absolute atomic E-state index is 0.164. The van der Waals surface area contributed by atoms with Crippen LogP contribution < -0.4 is 5.32 Å². The minimum atomic E-state index is -0.164. The summed E-state index contributed by atoms with van der Waals surface area (Å²) < 4.78 is 11.0. The zero-order chi connectivity index (χ0) is 14.1. The van der Waals surface area contributed by atoms with Crippen LogP contribution in [0.25, 0.3) is 0 Å². The van der Waals surface area contributed by atoms with E-state index >= 15 is 0 Å². The van der Waals surface area contributed by atoms with Gasteiger partial charge in [-0.15, -0.1) is 0 Å². The van der Waals surface area contributed by atoms with E-state index in [4.69, 9.17) is 21.1 Å². The lowest BCUT2D eigenvalue weighted by atomic mass is 10.1. The first-order valence-corrected chi connectivity index (χ1v) is 7.24. The highest BCUT2D eigenvalue weighted by Gasteiger charge is 2.10. The van der Waals surface area contributed by atoms with Crippen molar-refractivity contribution in [3.05, 3.63) is 34.9 Å². The molecule has 0 aliphatic carbocycles. The number of rotatable bonds is 9. The van der Waals surface area contributed by atoms with E-state index < -0.39 is 0 Å². The lowest BCUT2D eigenvalue weighted by Crippen LogP contribution is -2.37. The van der Waals surface area contributed by atoms with Crippen LogP contribution in [-0.2, 0) is 15.9 Å². The molecule has 1 aromatic rings. The molecule has 0 spiro atoms. The maximum atomic E-state index is 5.87. The molecule has 0 saturated heterocycles. The van der Waals surface area contributed by atoms with Crippen LogP contribution in [0.4, 0.5) is 0 Å². The first-order chi connectivity index (χ1) is 9.15. The van der Waals surface area contributed by atoms with Crippen LogP contribution in [0.5, 0.6) is 0 Å². The zero-order valence-corrected chi connectivity index (χ0v) is 12.7. The van der Waals surface area contributed by atoms with E-state index in [0.717, 1.165) is 11.4 Å². The molecular formula is C15H24ClNO2. The topological polar surface area (TPSA) is 30.5 Å². The number of halogens is 1. The Balaban J connectivity index is 2.33. The first kappa shape index (κ1) is 16.4. The van der Waals surface area contributed by atoms with Crippen LogP contribution in [0.3, 0.4) is 0 Å². The molecule has 0 aromatic heterocycles. The van der Waals surface area contributed by atoms with Crippen LogP contribution in [0.1, 0.15) is 26.3 Å². The molecule has 0 saturated carbocycles. The van der Waals surface area contributed by atoms with Gasteiger partial charge in [-0.2, -0.15) is 0 Å². The van der Waals surface area contributed by atoms with Gasteiger partial charge in [0.1, 0.15) is 0 Å². The Bertz CT molecular complexity index is 337. The monoisotopic (exact) mass is 285 g/mol. The fourth-order valence-electron chi connectivity index (χ4n) is 1.88. The Kier molecular flexibility index (Phi) is 8.07. The maximum Gasteiger partial charge on any atom is 0.169 e. The van der Waals surface area contributed by atoms with Gasteiger partial charge < -0.3 is 14.8 Å². The van der Waals surface area contributed by atoms with E-state index in [1.54, 1.807) is 0 Å². The van der Waals surface area contributed by atoms with Gasteiger partial charge in [0.2, 0.25) is 0 Å². The molecule has 1 aromatic carbocycles. The summed E-state index contributed by atoms with van der Waals surface area (Å²) in [6.45, 7) is 8.14. The van der Waals surface area contributed by atoms with Gasteiger partial charge in [0.15, 0.2) is 6.29 Å². The second kappa shape index (κ2) is 9.32. The lowest BCUT2D eigenvalue weighted by Gasteiger charge is -2.20. The van der Waals surface area contributed by atoms with Gasteiger partial charge in [-0.05, 0) is 44.9 Å². The molecule has 0 aliphatic rings. The maximum absolute atomic E-state index is 5.87. The largest absolute Gasteiger partial charge is 0.352 e. The number of hydrogen-bond donors (Lipinski definition) is 1. The van der Waals surface area contributed by atoms with Crippen molar-refractivity contribution in [2.24, 2.45) is 0 Å². The molecule has 4 heteroatoms. The average molecular weight is 286 g/mol.